The van der Waals surface area contributed by atoms with Crippen LogP contribution in [0.15, 0.2) is 97.1 Å². The number of aliphatic hydroxyl groups excluding tert-OH is 1. The van der Waals surface area contributed by atoms with E-state index in [0.29, 0.717) is 31.6 Å². The average molecular weight is 698 g/mol. The number of alkyl carbamates (subject to hydrolysis) is 1. The molecule has 1 spiro atoms. The third-order valence-corrected chi connectivity index (χ3v) is 9.23. The molecule has 5 rings (SSSR count). The van der Waals surface area contributed by atoms with Crippen LogP contribution in [0.1, 0.15) is 61.6 Å². The van der Waals surface area contributed by atoms with Crippen LogP contribution in [0.4, 0.5) is 4.79 Å². The molecule has 4 N–H and O–H groups in total. The predicted molar refractivity (Wildman–Crippen MR) is 190 cm³/mol. The molecule has 11 nitrogen and oxygen atoms in total. The number of ether oxygens (including phenoxy) is 3. The van der Waals surface area contributed by atoms with Crippen molar-refractivity contribution >= 4 is 23.9 Å². The van der Waals surface area contributed by atoms with Gasteiger partial charge in [0, 0.05) is 6.42 Å². The fourth-order valence-corrected chi connectivity index (χ4v) is 6.35. The van der Waals surface area contributed by atoms with Crippen molar-refractivity contribution in [2.45, 2.75) is 82.2 Å². The summed E-state index contributed by atoms with van der Waals surface area (Å²) in [7, 11) is 0. The van der Waals surface area contributed by atoms with Crippen molar-refractivity contribution in [3.63, 3.8) is 0 Å². The predicted octanol–water partition coefficient (Wildman–Crippen LogP) is 4.91. The van der Waals surface area contributed by atoms with Gasteiger partial charge in [0.2, 0.25) is 11.8 Å². The van der Waals surface area contributed by atoms with E-state index < -0.39 is 35.6 Å². The van der Waals surface area contributed by atoms with E-state index >= 15 is 0 Å². The molecule has 51 heavy (non-hydrogen) atoms. The van der Waals surface area contributed by atoms with Crippen molar-refractivity contribution in [2.24, 2.45) is 5.92 Å². The van der Waals surface area contributed by atoms with Gasteiger partial charge in [-0.3, -0.25) is 9.59 Å². The molecule has 3 atom stereocenters. The van der Waals surface area contributed by atoms with Crippen molar-refractivity contribution < 1.29 is 38.5 Å². The van der Waals surface area contributed by atoms with Gasteiger partial charge in [0.25, 0.3) is 0 Å². The standard InChI is InChI=1S/C40H47N3O8/c44-25-33(23-29-17-19-34(20-18-29)49-26-30-11-3-1-4-12-30)41-36(45)24-32-15-7-8-16-35(42-39(48)50-27-31-13-5-2-6-14-31)38(47)51-28-40(43-37(32)46)21-9-10-22-40/h1-8,11-14,17-20,32-33,35,44H,9-10,15-16,21-28H2,(H,41,45)(H,42,48)(H,43,46). The van der Waals surface area contributed by atoms with Gasteiger partial charge in [-0.15, -0.1) is 0 Å². The number of hydrogen-bond donors (Lipinski definition) is 4. The van der Waals surface area contributed by atoms with E-state index in [9.17, 15) is 24.3 Å². The Bertz CT molecular complexity index is 1610. The summed E-state index contributed by atoms with van der Waals surface area (Å²) < 4.78 is 16.9. The van der Waals surface area contributed by atoms with Crippen LogP contribution < -0.4 is 20.7 Å². The van der Waals surface area contributed by atoms with E-state index in [1.807, 2.05) is 84.9 Å². The normalized spacial score (nSPS) is 19.5. The Morgan fingerprint density at radius 2 is 1.51 bits per heavy atom. The van der Waals surface area contributed by atoms with Gasteiger partial charge < -0.3 is 35.3 Å². The number of amides is 3. The van der Waals surface area contributed by atoms with E-state index in [2.05, 4.69) is 16.0 Å². The first kappa shape index (κ1) is 37.1. The molecule has 1 aliphatic heterocycles. The van der Waals surface area contributed by atoms with Crippen LogP contribution in [0.5, 0.6) is 5.75 Å². The van der Waals surface area contributed by atoms with Gasteiger partial charge in [-0.2, -0.15) is 0 Å². The lowest BCUT2D eigenvalue weighted by Gasteiger charge is -2.32. The lowest BCUT2D eigenvalue weighted by Crippen LogP contribution is -2.53. The third-order valence-electron chi connectivity index (χ3n) is 9.23. The molecule has 270 valence electrons. The molecule has 3 aromatic rings. The summed E-state index contributed by atoms with van der Waals surface area (Å²) in [5, 5.41) is 18.7. The molecule has 1 fully saturated rings. The number of aliphatic hydroxyl groups is 1. The maximum Gasteiger partial charge on any atom is 0.408 e. The number of rotatable bonds is 12. The van der Waals surface area contributed by atoms with Crippen LogP contribution in [-0.4, -0.2) is 59.8 Å². The number of allylic oxidation sites excluding steroid dienone is 1. The Morgan fingerprint density at radius 3 is 2.18 bits per heavy atom. The number of nitrogens with one attached hydrogen (secondary N) is 3. The molecule has 3 unspecified atom stereocenters. The first-order valence-electron chi connectivity index (χ1n) is 17.6. The first-order chi connectivity index (χ1) is 24.8. The zero-order chi connectivity index (χ0) is 35.9. The topological polar surface area (TPSA) is 152 Å². The molecule has 0 radical (unpaired) electrons. The Balaban J connectivity index is 1.17. The fraction of sp³-hybridized carbons (Fsp3) is 0.400. The van der Waals surface area contributed by atoms with Gasteiger partial charge in [-0.1, -0.05) is 97.8 Å². The molecule has 0 aromatic heterocycles. The van der Waals surface area contributed by atoms with Gasteiger partial charge in [-0.05, 0) is 60.9 Å². The van der Waals surface area contributed by atoms with Crippen molar-refractivity contribution in [3.8, 4) is 5.75 Å². The molecule has 0 bridgehead atoms. The minimum atomic E-state index is -0.991. The Hall–Kier alpha value is -5.16. The minimum absolute atomic E-state index is 0.0415. The summed E-state index contributed by atoms with van der Waals surface area (Å²) >= 11 is 0. The molecule has 0 saturated heterocycles. The van der Waals surface area contributed by atoms with Crippen LogP contribution in [0.3, 0.4) is 0 Å². The number of carbonyl (C=O) groups is 4. The molecule has 3 amide bonds. The number of benzene rings is 3. The van der Waals surface area contributed by atoms with E-state index in [4.69, 9.17) is 14.2 Å². The molecule has 1 aliphatic carbocycles. The fourth-order valence-electron chi connectivity index (χ4n) is 6.35. The number of esters is 1. The van der Waals surface area contributed by atoms with Crippen molar-refractivity contribution in [2.75, 3.05) is 13.2 Å². The molecule has 2 aliphatic rings. The maximum atomic E-state index is 13.6. The van der Waals surface area contributed by atoms with Crippen molar-refractivity contribution in [3.05, 3.63) is 114 Å². The third kappa shape index (κ3) is 11.7. The highest BCUT2D eigenvalue weighted by Gasteiger charge is 2.39. The number of hydrogen-bond acceptors (Lipinski definition) is 8. The van der Waals surface area contributed by atoms with Crippen LogP contribution in [0.25, 0.3) is 0 Å². The highest BCUT2D eigenvalue weighted by Crippen LogP contribution is 2.31. The molecule has 11 heteroatoms. The lowest BCUT2D eigenvalue weighted by molar-refractivity contribution is -0.149. The second-order valence-corrected chi connectivity index (χ2v) is 13.3. The zero-order valence-electron chi connectivity index (χ0n) is 28.8. The smallest absolute Gasteiger partial charge is 0.408 e. The summed E-state index contributed by atoms with van der Waals surface area (Å²) in [6.07, 6.45) is 6.31. The van der Waals surface area contributed by atoms with E-state index in [1.54, 1.807) is 12.2 Å². The second kappa shape index (κ2) is 18.7. The van der Waals surface area contributed by atoms with Crippen LogP contribution >= 0.6 is 0 Å². The highest BCUT2D eigenvalue weighted by atomic mass is 16.6. The quantitative estimate of drug-likeness (QED) is 0.154. The molecule has 3 aromatic carbocycles. The molecule has 1 heterocycles. The maximum absolute atomic E-state index is 13.6. The number of carbonyl (C=O) groups excluding carboxylic acids is 4. The monoisotopic (exact) mass is 697 g/mol. The van der Waals surface area contributed by atoms with Gasteiger partial charge in [-0.25, -0.2) is 9.59 Å². The summed E-state index contributed by atoms with van der Waals surface area (Å²) in [6, 6.07) is 25.1. The Kier molecular flexibility index (Phi) is 13.6. The van der Waals surface area contributed by atoms with Crippen molar-refractivity contribution in [1.29, 1.82) is 0 Å². The van der Waals surface area contributed by atoms with Gasteiger partial charge in [0.1, 0.15) is 31.6 Å². The first-order valence-corrected chi connectivity index (χ1v) is 17.6. The second-order valence-electron chi connectivity index (χ2n) is 13.3. The minimum Gasteiger partial charge on any atom is -0.489 e. The zero-order valence-corrected chi connectivity index (χ0v) is 28.8. The van der Waals surface area contributed by atoms with Crippen LogP contribution in [0, 0.1) is 5.92 Å². The van der Waals surface area contributed by atoms with Gasteiger partial charge in [0.05, 0.1) is 24.1 Å². The largest absolute Gasteiger partial charge is 0.489 e. The Labute approximate surface area is 298 Å². The summed E-state index contributed by atoms with van der Waals surface area (Å²) in [5.74, 6) is -1.24. The molecular weight excluding hydrogens is 650 g/mol. The van der Waals surface area contributed by atoms with Gasteiger partial charge in [0.15, 0.2) is 0 Å². The SMILES string of the molecule is O=C(CC1CC=CCC(NC(=O)OCc2ccccc2)C(=O)OCC2(CCCC2)NC1=O)NC(CO)Cc1ccc(OCc2ccccc2)cc1. The summed E-state index contributed by atoms with van der Waals surface area (Å²) in [6.45, 7) is 0.190. The lowest BCUT2D eigenvalue weighted by atomic mass is 9.93. The van der Waals surface area contributed by atoms with Gasteiger partial charge >= 0.3 is 12.1 Å². The molecular formula is C40H47N3O8. The van der Waals surface area contributed by atoms with Crippen LogP contribution in [0.2, 0.25) is 0 Å². The molecule has 1 saturated carbocycles. The van der Waals surface area contributed by atoms with Crippen LogP contribution in [-0.2, 0) is 43.5 Å². The Morgan fingerprint density at radius 1 is 0.863 bits per heavy atom. The van der Waals surface area contributed by atoms with E-state index in [-0.39, 0.29) is 50.9 Å². The summed E-state index contributed by atoms with van der Waals surface area (Å²) in [5.41, 5.74) is 2.04. The van der Waals surface area contributed by atoms with E-state index in [0.717, 1.165) is 29.5 Å². The highest BCUT2D eigenvalue weighted by molar-refractivity contribution is 5.87. The number of cyclic esters (lactones) is 1. The van der Waals surface area contributed by atoms with Crippen molar-refractivity contribution in [1.82, 2.24) is 16.0 Å². The summed E-state index contributed by atoms with van der Waals surface area (Å²) in [4.78, 5) is 52.6. The van der Waals surface area contributed by atoms with E-state index in [1.165, 1.54) is 0 Å². The average Bonchev–Trinajstić information content (AvgIpc) is 3.61.